The maximum atomic E-state index is 12.8. The van der Waals surface area contributed by atoms with Crippen LogP contribution in [0, 0.1) is 0 Å². The Kier molecular flexibility index (Phi) is 7.96. The van der Waals surface area contributed by atoms with E-state index in [9.17, 15) is 22.8 Å². The second-order valence-corrected chi connectivity index (χ2v) is 6.93. The van der Waals surface area contributed by atoms with Crippen molar-refractivity contribution >= 4 is 23.2 Å². The van der Waals surface area contributed by atoms with Crippen LogP contribution in [-0.4, -0.2) is 32.1 Å². The van der Waals surface area contributed by atoms with Crippen molar-refractivity contribution in [2.75, 3.05) is 31.0 Å². The van der Waals surface area contributed by atoms with Gasteiger partial charge >= 0.3 is 6.18 Å². The average molecular weight is 474 g/mol. The Morgan fingerprint density at radius 1 is 0.765 bits per heavy atom. The van der Waals surface area contributed by atoms with Gasteiger partial charge in [0.15, 0.2) is 24.7 Å². The highest BCUT2D eigenvalue weighted by molar-refractivity contribution is 5.95. The maximum absolute atomic E-state index is 12.8. The molecule has 0 bridgehead atoms. The zero-order chi connectivity index (χ0) is 24.6. The Morgan fingerprint density at radius 2 is 1.35 bits per heavy atom. The highest BCUT2D eigenvalue weighted by Gasteiger charge is 2.30. The number of hydrogen-bond donors (Lipinski definition) is 2. The summed E-state index contributed by atoms with van der Waals surface area (Å²) in [5, 5.41) is 5.21. The summed E-state index contributed by atoms with van der Waals surface area (Å²) in [6.07, 6.45) is -4.51. The number of halogens is 3. The van der Waals surface area contributed by atoms with Crippen molar-refractivity contribution in [3.63, 3.8) is 0 Å². The lowest BCUT2D eigenvalue weighted by Gasteiger charge is -2.12. The third-order valence-electron chi connectivity index (χ3n) is 4.39. The van der Waals surface area contributed by atoms with E-state index in [0.29, 0.717) is 22.9 Å². The monoisotopic (exact) mass is 474 g/mol. The molecule has 178 valence electrons. The number of para-hydroxylation sites is 2. The number of benzene rings is 3. The molecule has 0 spiro atoms. The molecule has 2 amide bonds. The van der Waals surface area contributed by atoms with Crippen molar-refractivity contribution in [3.8, 4) is 17.2 Å². The number of anilines is 2. The van der Waals surface area contributed by atoms with Gasteiger partial charge in [0.25, 0.3) is 11.8 Å². The minimum Gasteiger partial charge on any atom is -0.493 e. The summed E-state index contributed by atoms with van der Waals surface area (Å²) in [5.74, 6) is -0.182. The van der Waals surface area contributed by atoms with Crippen molar-refractivity contribution in [2.45, 2.75) is 6.18 Å². The van der Waals surface area contributed by atoms with Crippen LogP contribution in [0.25, 0.3) is 0 Å². The largest absolute Gasteiger partial charge is 0.493 e. The first-order valence-corrected chi connectivity index (χ1v) is 10.0. The molecule has 3 aromatic carbocycles. The van der Waals surface area contributed by atoms with Crippen molar-refractivity contribution in [3.05, 3.63) is 78.4 Å². The van der Waals surface area contributed by atoms with E-state index in [2.05, 4.69) is 10.6 Å². The Hall–Kier alpha value is -4.21. The number of ether oxygens (including phenoxy) is 3. The molecule has 10 heteroatoms. The van der Waals surface area contributed by atoms with Gasteiger partial charge in [0.1, 0.15) is 5.75 Å². The molecule has 0 aliphatic heterocycles. The zero-order valence-electron chi connectivity index (χ0n) is 18.0. The van der Waals surface area contributed by atoms with E-state index >= 15 is 0 Å². The first-order valence-electron chi connectivity index (χ1n) is 10.0. The van der Waals surface area contributed by atoms with Crippen LogP contribution in [0.5, 0.6) is 17.2 Å². The second-order valence-electron chi connectivity index (χ2n) is 6.93. The highest BCUT2D eigenvalue weighted by Crippen LogP contribution is 2.31. The van der Waals surface area contributed by atoms with E-state index in [1.165, 1.54) is 25.3 Å². The summed E-state index contributed by atoms with van der Waals surface area (Å²) < 4.78 is 54.1. The van der Waals surface area contributed by atoms with Crippen LogP contribution >= 0.6 is 0 Å². The molecule has 3 rings (SSSR count). The molecule has 3 aromatic rings. The number of amides is 2. The summed E-state index contributed by atoms with van der Waals surface area (Å²) in [5.41, 5.74) is -0.102. The van der Waals surface area contributed by atoms with Gasteiger partial charge in [0.05, 0.1) is 12.7 Å². The molecule has 0 heterocycles. The molecule has 0 saturated carbocycles. The van der Waals surface area contributed by atoms with E-state index in [4.69, 9.17) is 14.2 Å². The lowest BCUT2D eigenvalue weighted by molar-refractivity contribution is -0.137. The number of methoxy groups -OCH3 is 1. The molecule has 0 aliphatic carbocycles. The molecule has 0 radical (unpaired) electrons. The maximum Gasteiger partial charge on any atom is 0.416 e. The number of carbonyl (C=O) groups excluding carboxylic acids is 2. The first kappa shape index (κ1) is 24.4. The smallest absolute Gasteiger partial charge is 0.416 e. The molecule has 7 nitrogen and oxygen atoms in total. The molecule has 0 unspecified atom stereocenters. The van der Waals surface area contributed by atoms with Gasteiger partial charge in [-0.15, -0.1) is 0 Å². The average Bonchev–Trinajstić information content (AvgIpc) is 2.81. The molecule has 0 aromatic heterocycles. The lowest BCUT2D eigenvalue weighted by Crippen LogP contribution is -2.21. The van der Waals surface area contributed by atoms with Crippen molar-refractivity contribution < 1.29 is 37.0 Å². The zero-order valence-corrected chi connectivity index (χ0v) is 18.0. The van der Waals surface area contributed by atoms with E-state index in [0.717, 1.165) is 12.1 Å². The summed E-state index contributed by atoms with van der Waals surface area (Å²) in [7, 11) is 1.49. The van der Waals surface area contributed by atoms with E-state index in [1.54, 1.807) is 42.5 Å². The lowest BCUT2D eigenvalue weighted by atomic mass is 10.2. The van der Waals surface area contributed by atoms with Crippen LogP contribution in [-0.2, 0) is 15.8 Å². The summed E-state index contributed by atoms with van der Waals surface area (Å²) in [4.78, 5) is 24.4. The predicted molar refractivity (Wildman–Crippen MR) is 119 cm³/mol. The van der Waals surface area contributed by atoms with Crippen LogP contribution in [0.1, 0.15) is 5.56 Å². The number of alkyl halides is 3. The molecule has 0 aliphatic rings. The normalized spacial score (nSPS) is 10.8. The third-order valence-corrected chi connectivity index (χ3v) is 4.39. The van der Waals surface area contributed by atoms with Crippen molar-refractivity contribution in [2.24, 2.45) is 0 Å². The van der Waals surface area contributed by atoms with E-state index < -0.39 is 30.2 Å². The van der Waals surface area contributed by atoms with Crippen molar-refractivity contribution in [1.29, 1.82) is 0 Å². The van der Waals surface area contributed by atoms with E-state index in [1.807, 2.05) is 0 Å². The summed E-state index contributed by atoms with van der Waals surface area (Å²) in [6, 6.07) is 17.5. The first-order chi connectivity index (χ1) is 16.2. The quantitative estimate of drug-likeness (QED) is 0.468. The van der Waals surface area contributed by atoms with Gasteiger partial charge in [-0.25, -0.2) is 0 Å². The third kappa shape index (κ3) is 7.16. The van der Waals surface area contributed by atoms with E-state index in [-0.39, 0.29) is 12.4 Å². The molecule has 2 N–H and O–H groups in total. The fourth-order valence-electron chi connectivity index (χ4n) is 2.86. The van der Waals surface area contributed by atoms with Gasteiger partial charge < -0.3 is 24.8 Å². The van der Waals surface area contributed by atoms with Gasteiger partial charge in [-0.2, -0.15) is 13.2 Å². The number of hydrogen-bond acceptors (Lipinski definition) is 5. The van der Waals surface area contributed by atoms with Crippen LogP contribution in [0.2, 0.25) is 0 Å². The van der Waals surface area contributed by atoms with Crippen LogP contribution in [0.3, 0.4) is 0 Å². The Bertz CT molecular complexity index is 1150. The molecule has 0 atom stereocenters. The van der Waals surface area contributed by atoms with Gasteiger partial charge in [-0.05, 0) is 48.5 Å². The topological polar surface area (TPSA) is 85.9 Å². The highest BCUT2D eigenvalue weighted by atomic mass is 19.4. The van der Waals surface area contributed by atoms with Crippen molar-refractivity contribution in [1.82, 2.24) is 0 Å². The Morgan fingerprint density at radius 3 is 1.97 bits per heavy atom. The molecule has 34 heavy (non-hydrogen) atoms. The molecule has 0 fully saturated rings. The van der Waals surface area contributed by atoms with Crippen LogP contribution < -0.4 is 24.8 Å². The van der Waals surface area contributed by atoms with Gasteiger partial charge in [-0.1, -0.05) is 24.3 Å². The molecular formula is C24H21F3N2O5. The SMILES string of the molecule is COc1ccccc1OCC(=O)Nc1cccc(NC(=O)COc2cccc(C(F)(F)F)c2)c1. The number of nitrogens with one attached hydrogen (secondary N) is 2. The standard InChI is InChI=1S/C24H21F3N2O5/c1-32-20-10-2-3-11-21(20)34-15-23(31)29-18-8-5-7-17(13-18)28-22(30)14-33-19-9-4-6-16(12-19)24(25,26)27/h2-13H,14-15H2,1H3,(H,28,30)(H,29,31). The van der Waals surface area contributed by atoms with Crippen LogP contribution in [0.15, 0.2) is 72.8 Å². The van der Waals surface area contributed by atoms with Crippen LogP contribution in [0.4, 0.5) is 24.5 Å². The number of carbonyl (C=O) groups is 2. The summed E-state index contributed by atoms with van der Waals surface area (Å²) in [6.45, 7) is -0.758. The van der Waals surface area contributed by atoms with Gasteiger partial charge in [0.2, 0.25) is 0 Å². The minimum absolute atomic E-state index is 0.0824. The fraction of sp³-hybridized carbons (Fsp3) is 0.167. The Labute approximate surface area is 193 Å². The minimum atomic E-state index is -4.51. The fourth-order valence-corrected chi connectivity index (χ4v) is 2.86. The Balaban J connectivity index is 1.51. The van der Waals surface area contributed by atoms with Gasteiger partial charge in [-0.3, -0.25) is 9.59 Å². The molecular weight excluding hydrogens is 453 g/mol. The van der Waals surface area contributed by atoms with Gasteiger partial charge in [0, 0.05) is 11.4 Å². The molecule has 0 saturated heterocycles. The predicted octanol–water partition coefficient (Wildman–Crippen LogP) is 4.75. The number of rotatable bonds is 9. The summed E-state index contributed by atoms with van der Waals surface area (Å²) >= 11 is 0. The second kappa shape index (κ2) is 11.1.